The topological polar surface area (TPSA) is 90.3 Å². The molecule has 2 N–H and O–H groups in total. The quantitative estimate of drug-likeness (QED) is 0.712. The Bertz CT molecular complexity index is 842. The maximum absolute atomic E-state index is 13.3. The third-order valence-electron chi connectivity index (χ3n) is 4.64. The second kappa shape index (κ2) is 9.25. The van der Waals surface area contributed by atoms with Crippen molar-refractivity contribution in [3.05, 3.63) is 23.8 Å². The molecule has 156 valence electrons. The van der Waals surface area contributed by atoms with Crippen LogP contribution in [-0.4, -0.2) is 79.9 Å². The second-order valence-electron chi connectivity index (χ2n) is 7.61. The first-order chi connectivity index (χ1) is 13.1. The van der Waals surface area contributed by atoms with Crippen molar-refractivity contribution in [2.45, 2.75) is 43.9 Å². The molecular formula is C20H30N2O5S. The largest absolute Gasteiger partial charge is 0.487 e. The van der Waals surface area contributed by atoms with Crippen molar-refractivity contribution < 1.29 is 23.4 Å². The molecule has 0 fully saturated rings. The van der Waals surface area contributed by atoms with E-state index in [0.717, 1.165) is 0 Å². The summed E-state index contributed by atoms with van der Waals surface area (Å²) in [6.07, 6.45) is -1.02. The molecule has 0 spiro atoms. The molecule has 0 unspecified atom stereocenters. The van der Waals surface area contributed by atoms with Crippen molar-refractivity contribution in [2.24, 2.45) is 5.92 Å². The summed E-state index contributed by atoms with van der Waals surface area (Å²) in [5.41, 5.74) is 0.563. The summed E-state index contributed by atoms with van der Waals surface area (Å²) in [5, 5.41) is 19.0. The Labute approximate surface area is 168 Å². The highest BCUT2D eigenvalue weighted by Gasteiger charge is 2.37. The van der Waals surface area contributed by atoms with E-state index in [-0.39, 0.29) is 35.8 Å². The highest BCUT2D eigenvalue weighted by Crippen LogP contribution is 2.34. The molecule has 0 saturated heterocycles. The van der Waals surface area contributed by atoms with Crippen LogP contribution in [0.3, 0.4) is 0 Å². The van der Waals surface area contributed by atoms with E-state index in [9.17, 15) is 18.6 Å². The number of benzene rings is 1. The third-order valence-corrected chi connectivity index (χ3v) is 6.66. The SMILES string of the molecule is C[C@H](O)C#Cc1ccc2c(c1)O[C@@H](CN(C)C)[C@@H](C)CN([C@@H](C)CO)S2(=O)=O. The summed E-state index contributed by atoms with van der Waals surface area (Å²) in [4.78, 5) is 2.06. The number of rotatable bonds is 4. The van der Waals surface area contributed by atoms with Crippen LogP contribution in [0.1, 0.15) is 26.3 Å². The first-order valence-corrected chi connectivity index (χ1v) is 10.8. The Kier molecular flexibility index (Phi) is 7.48. The van der Waals surface area contributed by atoms with Crippen LogP contribution in [0.2, 0.25) is 0 Å². The molecular weight excluding hydrogens is 380 g/mol. The summed E-state index contributed by atoms with van der Waals surface area (Å²) in [6.45, 7) is 5.80. The molecule has 0 bridgehead atoms. The molecule has 1 aliphatic rings. The highest BCUT2D eigenvalue weighted by atomic mass is 32.2. The number of likely N-dealkylation sites (N-methyl/N-ethyl adjacent to an activating group) is 1. The number of fused-ring (bicyclic) bond motifs is 1. The molecule has 1 aromatic carbocycles. The van der Waals surface area contributed by atoms with Gasteiger partial charge in [-0.1, -0.05) is 18.8 Å². The number of sulfonamides is 1. The average Bonchev–Trinajstić information content (AvgIpc) is 2.61. The smallest absolute Gasteiger partial charge is 0.247 e. The van der Waals surface area contributed by atoms with Crippen molar-refractivity contribution >= 4 is 10.0 Å². The number of ether oxygens (including phenoxy) is 1. The molecule has 2 rings (SSSR count). The molecule has 1 aliphatic heterocycles. The lowest BCUT2D eigenvalue weighted by Gasteiger charge is -2.37. The van der Waals surface area contributed by atoms with Gasteiger partial charge in [0.15, 0.2) is 0 Å². The van der Waals surface area contributed by atoms with Gasteiger partial charge in [-0.2, -0.15) is 4.31 Å². The van der Waals surface area contributed by atoms with E-state index in [2.05, 4.69) is 11.8 Å². The summed E-state index contributed by atoms with van der Waals surface area (Å²) < 4.78 is 34.1. The number of aliphatic hydroxyl groups is 2. The van der Waals surface area contributed by atoms with Crippen LogP contribution in [0.15, 0.2) is 23.1 Å². The molecule has 0 saturated carbocycles. The standard InChI is InChI=1S/C20H30N2O5S/c1-14-11-22(15(2)13-23)28(25,26)20-9-8-17(7-6-16(3)24)10-18(20)27-19(14)12-21(4)5/h8-10,14-16,19,23-24H,11-13H2,1-5H3/t14-,15-,16-,19-/m0/s1. The summed E-state index contributed by atoms with van der Waals surface area (Å²) in [5.74, 6) is 5.64. The van der Waals surface area contributed by atoms with Crippen molar-refractivity contribution in [1.29, 1.82) is 0 Å². The second-order valence-corrected chi connectivity index (χ2v) is 9.47. The van der Waals surface area contributed by atoms with Crippen molar-refractivity contribution in [3.63, 3.8) is 0 Å². The van der Waals surface area contributed by atoms with E-state index >= 15 is 0 Å². The molecule has 1 heterocycles. The maximum atomic E-state index is 13.3. The lowest BCUT2D eigenvalue weighted by Crippen LogP contribution is -2.49. The van der Waals surface area contributed by atoms with E-state index < -0.39 is 22.2 Å². The predicted octanol–water partition coefficient (Wildman–Crippen LogP) is 0.749. The molecule has 28 heavy (non-hydrogen) atoms. The minimum Gasteiger partial charge on any atom is -0.487 e. The van der Waals surface area contributed by atoms with Crippen LogP contribution < -0.4 is 4.74 Å². The van der Waals surface area contributed by atoms with Gasteiger partial charge >= 0.3 is 0 Å². The van der Waals surface area contributed by atoms with Gasteiger partial charge in [-0.3, -0.25) is 0 Å². The zero-order valence-corrected chi connectivity index (χ0v) is 17.9. The zero-order chi connectivity index (χ0) is 21.1. The van der Waals surface area contributed by atoms with E-state index in [1.54, 1.807) is 26.0 Å². The minimum atomic E-state index is -3.85. The lowest BCUT2D eigenvalue weighted by molar-refractivity contribution is 0.0812. The van der Waals surface area contributed by atoms with Gasteiger partial charge in [0.2, 0.25) is 10.0 Å². The normalized spacial score (nSPS) is 24.1. The first kappa shape index (κ1) is 22.7. The van der Waals surface area contributed by atoms with Crippen molar-refractivity contribution in [1.82, 2.24) is 9.21 Å². The Morgan fingerprint density at radius 3 is 2.61 bits per heavy atom. The van der Waals surface area contributed by atoms with Gasteiger partial charge in [0.25, 0.3) is 0 Å². The van der Waals surface area contributed by atoms with Gasteiger partial charge in [0, 0.05) is 30.6 Å². The van der Waals surface area contributed by atoms with Crippen LogP contribution in [-0.2, 0) is 10.0 Å². The first-order valence-electron chi connectivity index (χ1n) is 9.34. The van der Waals surface area contributed by atoms with Gasteiger partial charge in [-0.15, -0.1) is 0 Å². The van der Waals surface area contributed by atoms with E-state index in [1.165, 1.54) is 10.4 Å². The third kappa shape index (κ3) is 5.25. The average molecular weight is 411 g/mol. The van der Waals surface area contributed by atoms with E-state index in [1.807, 2.05) is 25.9 Å². The Hall–Kier alpha value is -1.63. The fourth-order valence-electron chi connectivity index (χ4n) is 3.07. The molecule has 1 aromatic rings. The van der Waals surface area contributed by atoms with E-state index in [4.69, 9.17) is 4.74 Å². The molecule has 7 nitrogen and oxygen atoms in total. The summed E-state index contributed by atoms with van der Waals surface area (Å²) >= 11 is 0. The summed E-state index contributed by atoms with van der Waals surface area (Å²) in [6, 6.07) is 4.14. The highest BCUT2D eigenvalue weighted by molar-refractivity contribution is 7.89. The minimum absolute atomic E-state index is 0.0612. The molecule has 0 aliphatic carbocycles. The van der Waals surface area contributed by atoms with Gasteiger partial charge in [0.1, 0.15) is 22.9 Å². The fourth-order valence-corrected chi connectivity index (χ4v) is 4.89. The number of aliphatic hydroxyl groups excluding tert-OH is 2. The van der Waals surface area contributed by atoms with Gasteiger partial charge in [0.05, 0.1) is 6.61 Å². The molecule has 0 radical (unpaired) electrons. The van der Waals surface area contributed by atoms with Gasteiger partial charge in [-0.25, -0.2) is 8.42 Å². The summed E-state index contributed by atoms with van der Waals surface area (Å²) in [7, 11) is 0.0217. The van der Waals surface area contributed by atoms with E-state index in [0.29, 0.717) is 12.1 Å². The molecule has 8 heteroatoms. The maximum Gasteiger partial charge on any atom is 0.247 e. The Morgan fingerprint density at radius 2 is 2.04 bits per heavy atom. The zero-order valence-electron chi connectivity index (χ0n) is 17.1. The fraction of sp³-hybridized carbons (Fsp3) is 0.600. The van der Waals surface area contributed by atoms with Gasteiger partial charge in [-0.05, 0) is 46.1 Å². The van der Waals surface area contributed by atoms with Crippen LogP contribution in [0.5, 0.6) is 5.75 Å². The number of nitrogens with zero attached hydrogens (tertiary/aromatic N) is 2. The van der Waals surface area contributed by atoms with Crippen molar-refractivity contribution in [3.8, 4) is 17.6 Å². The van der Waals surface area contributed by atoms with Crippen LogP contribution in [0.4, 0.5) is 0 Å². The Balaban J connectivity index is 2.61. The van der Waals surface area contributed by atoms with Crippen molar-refractivity contribution in [2.75, 3.05) is 33.8 Å². The monoisotopic (exact) mass is 410 g/mol. The predicted molar refractivity (Wildman–Crippen MR) is 108 cm³/mol. The molecule has 4 atom stereocenters. The van der Waals surface area contributed by atoms with Crippen LogP contribution >= 0.6 is 0 Å². The number of hydrogen-bond donors (Lipinski definition) is 2. The Morgan fingerprint density at radius 1 is 1.36 bits per heavy atom. The number of hydrogen-bond acceptors (Lipinski definition) is 6. The molecule has 0 aromatic heterocycles. The van der Waals surface area contributed by atoms with Crippen LogP contribution in [0.25, 0.3) is 0 Å². The lowest BCUT2D eigenvalue weighted by atomic mass is 10.0. The molecule has 0 amide bonds. The van der Waals surface area contributed by atoms with Gasteiger partial charge < -0.3 is 19.8 Å². The van der Waals surface area contributed by atoms with Crippen LogP contribution in [0, 0.1) is 17.8 Å².